The molecule has 0 bridgehead atoms. The summed E-state index contributed by atoms with van der Waals surface area (Å²) in [5, 5.41) is 2.94. The Balaban J connectivity index is 1.62. The van der Waals surface area contributed by atoms with Crippen molar-refractivity contribution in [2.45, 2.75) is 6.54 Å². The largest absolute Gasteiger partial charge is 0.331 e. The van der Waals surface area contributed by atoms with Crippen molar-refractivity contribution in [3.8, 4) is 22.6 Å². The normalized spacial score (nSPS) is 13.2. The molecule has 2 heterocycles. The third-order valence-corrected chi connectivity index (χ3v) is 4.27. The predicted octanol–water partition coefficient (Wildman–Crippen LogP) is 3.93. The molecule has 0 N–H and O–H groups in total. The van der Waals surface area contributed by atoms with E-state index in [1.807, 2.05) is 36.7 Å². The van der Waals surface area contributed by atoms with Gasteiger partial charge in [-0.05, 0) is 29.8 Å². The van der Waals surface area contributed by atoms with Crippen molar-refractivity contribution in [2.24, 2.45) is 10.2 Å². The number of rotatable bonds is 5. The van der Waals surface area contributed by atoms with Crippen LogP contribution in [0.25, 0.3) is 22.6 Å². The van der Waals surface area contributed by atoms with Gasteiger partial charge in [-0.3, -0.25) is 4.99 Å². The van der Waals surface area contributed by atoms with Crippen LogP contribution in [0.3, 0.4) is 0 Å². The van der Waals surface area contributed by atoms with E-state index in [2.05, 4.69) is 49.3 Å². The maximum absolute atomic E-state index is 10.5. The van der Waals surface area contributed by atoms with E-state index in [1.165, 1.54) is 0 Å². The van der Waals surface area contributed by atoms with Crippen LogP contribution in [-0.4, -0.2) is 29.4 Å². The fourth-order valence-electron chi connectivity index (χ4n) is 2.94. The quantitative estimate of drug-likeness (QED) is 0.658. The molecule has 0 saturated heterocycles. The van der Waals surface area contributed by atoms with E-state index in [1.54, 1.807) is 6.20 Å². The SMILES string of the molecule is O=NCc1cccc(-c2nccc(-c3ccc(N4C=NCC4)cc3)n2)c1. The van der Waals surface area contributed by atoms with Gasteiger partial charge in [-0.1, -0.05) is 35.5 Å². The summed E-state index contributed by atoms with van der Waals surface area (Å²) in [5.74, 6) is 0.631. The molecule has 0 radical (unpaired) electrons. The van der Waals surface area contributed by atoms with E-state index in [0.29, 0.717) is 5.82 Å². The lowest BCUT2D eigenvalue weighted by atomic mass is 10.1. The van der Waals surface area contributed by atoms with Crippen LogP contribution in [-0.2, 0) is 6.54 Å². The van der Waals surface area contributed by atoms with Crippen molar-refractivity contribution in [2.75, 3.05) is 18.0 Å². The van der Waals surface area contributed by atoms with E-state index < -0.39 is 0 Å². The fraction of sp³-hybridized carbons (Fsp3) is 0.150. The average Bonchev–Trinajstić information content (AvgIpc) is 3.24. The number of aromatic nitrogens is 2. The second-order valence-corrected chi connectivity index (χ2v) is 6.01. The van der Waals surface area contributed by atoms with Crippen molar-refractivity contribution < 1.29 is 0 Å². The molecule has 1 aromatic heterocycles. The van der Waals surface area contributed by atoms with Gasteiger partial charge in [0, 0.05) is 29.6 Å². The lowest BCUT2D eigenvalue weighted by Gasteiger charge is -2.14. The summed E-state index contributed by atoms with van der Waals surface area (Å²) in [5.41, 5.74) is 4.73. The lowest BCUT2D eigenvalue weighted by Crippen LogP contribution is -2.17. The van der Waals surface area contributed by atoms with Gasteiger partial charge < -0.3 is 4.90 Å². The number of hydrogen-bond acceptors (Lipinski definition) is 6. The first-order valence-corrected chi connectivity index (χ1v) is 8.42. The zero-order chi connectivity index (χ0) is 17.8. The molecule has 0 saturated carbocycles. The van der Waals surface area contributed by atoms with E-state index in [4.69, 9.17) is 0 Å². The minimum Gasteiger partial charge on any atom is -0.331 e. The topological polar surface area (TPSA) is 70.8 Å². The number of benzene rings is 2. The number of nitrogens with zero attached hydrogens (tertiary/aromatic N) is 5. The van der Waals surface area contributed by atoms with E-state index in [9.17, 15) is 4.91 Å². The van der Waals surface area contributed by atoms with Crippen LogP contribution in [0.5, 0.6) is 0 Å². The van der Waals surface area contributed by atoms with Crippen LogP contribution in [0.4, 0.5) is 5.69 Å². The number of nitroso groups, excluding NO2 is 1. The number of aliphatic imine (C=N–C) groups is 1. The lowest BCUT2D eigenvalue weighted by molar-refractivity contribution is 1.02. The Bertz CT molecular complexity index is 952. The zero-order valence-corrected chi connectivity index (χ0v) is 14.1. The maximum Gasteiger partial charge on any atom is 0.159 e. The Hall–Kier alpha value is -3.41. The van der Waals surface area contributed by atoms with Crippen molar-refractivity contribution in [3.63, 3.8) is 0 Å². The van der Waals surface area contributed by atoms with Crippen LogP contribution in [0.2, 0.25) is 0 Å². The molecule has 0 aliphatic carbocycles. The number of anilines is 1. The van der Waals surface area contributed by atoms with Gasteiger partial charge in [0.1, 0.15) is 6.54 Å². The fourth-order valence-corrected chi connectivity index (χ4v) is 2.94. The molecule has 1 aliphatic rings. The van der Waals surface area contributed by atoms with Crippen LogP contribution in [0.15, 0.2) is 71.0 Å². The molecule has 2 aromatic carbocycles. The molecule has 3 aromatic rings. The van der Waals surface area contributed by atoms with Crippen LogP contribution in [0, 0.1) is 4.91 Å². The summed E-state index contributed by atoms with van der Waals surface area (Å²) in [6.45, 7) is 1.91. The molecule has 0 amide bonds. The third kappa shape index (κ3) is 3.35. The van der Waals surface area contributed by atoms with Gasteiger partial charge in [0.25, 0.3) is 0 Å². The first-order valence-electron chi connectivity index (χ1n) is 8.42. The molecule has 26 heavy (non-hydrogen) atoms. The molecule has 0 unspecified atom stereocenters. The Morgan fingerprint density at radius 2 is 1.92 bits per heavy atom. The molecule has 0 atom stereocenters. The van der Waals surface area contributed by atoms with E-state index in [0.717, 1.165) is 41.2 Å². The molecule has 1 aliphatic heterocycles. The first kappa shape index (κ1) is 16.1. The molecular weight excluding hydrogens is 326 g/mol. The third-order valence-electron chi connectivity index (χ3n) is 4.27. The Labute approximate surface area is 151 Å². The van der Waals surface area contributed by atoms with Crippen molar-refractivity contribution in [1.29, 1.82) is 0 Å². The Morgan fingerprint density at radius 3 is 2.69 bits per heavy atom. The maximum atomic E-state index is 10.5. The summed E-state index contributed by atoms with van der Waals surface area (Å²) < 4.78 is 0. The van der Waals surface area contributed by atoms with Crippen molar-refractivity contribution in [1.82, 2.24) is 9.97 Å². The summed E-state index contributed by atoms with van der Waals surface area (Å²) in [4.78, 5) is 25.9. The highest BCUT2D eigenvalue weighted by Gasteiger charge is 2.09. The predicted molar refractivity (Wildman–Crippen MR) is 103 cm³/mol. The molecule has 0 spiro atoms. The Morgan fingerprint density at radius 1 is 1.04 bits per heavy atom. The van der Waals surface area contributed by atoms with Gasteiger partial charge in [0.15, 0.2) is 5.82 Å². The van der Waals surface area contributed by atoms with E-state index >= 15 is 0 Å². The second-order valence-electron chi connectivity index (χ2n) is 6.01. The van der Waals surface area contributed by atoms with Gasteiger partial charge in [-0.2, -0.15) is 4.91 Å². The number of hydrogen-bond donors (Lipinski definition) is 0. The standard InChI is InChI=1S/C20H17N5O/c26-23-13-15-2-1-3-17(12-15)20-22-9-8-19(24-20)16-4-6-18(7-5-16)25-11-10-21-14-25/h1-9,12,14H,10-11,13H2. The van der Waals surface area contributed by atoms with E-state index in [-0.39, 0.29) is 6.54 Å². The highest BCUT2D eigenvalue weighted by molar-refractivity contribution is 5.81. The first-order chi connectivity index (χ1) is 12.8. The minimum absolute atomic E-state index is 0.148. The molecule has 4 rings (SSSR count). The minimum atomic E-state index is 0.148. The summed E-state index contributed by atoms with van der Waals surface area (Å²) >= 11 is 0. The Kier molecular flexibility index (Phi) is 4.47. The van der Waals surface area contributed by atoms with Crippen LogP contribution in [0.1, 0.15) is 5.56 Å². The smallest absolute Gasteiger partial charge is 0.159 e. The van der Waals surface area contributed by atoms with Gasteiger partial charge in [0.2, 0.25) is 0 Å². The van der Waals surface area contributed by atoms with Gasteiger partial charge >= 0.3 is 0 Å². The zero-order valence-electron chi connectivity index (χ0n) is 14.1. The highest BCUT2D eigenvalue weighted by Crippen LogP contribution is 2.24. The molecular formula is C20H17N5O. The van der Waals surface area contributed by atoms with Crippen LogP contribution >= 0.6 is 0 Å². The van der Waals surface area contributed by atoms with Crippen molar-refractivity contribution >= 4 is 12.0 Å². The average molecular weight is 343 g/mol. The van der Waals surface area contributed by atoms with Gasteiger partial charge in [0.05, 0.1) is 18.6 Å². The molecule has 6 nitrogen and oxygen atoms in total. The second kappa shape index (κ2) is 7.23. The van der Waals surface area contributed by atoms with Gasteiger partial charge in [-0.15, -0.1) is 0 Å². The highest BCUT2D eigenvalue weighted by atomic mass is 16.3. The van der Waals surface area contributed by atoms with Crippen molar-refractivity contribution in [3.05, 3.63) is 71.3 Å². The van der Waals surface area contributed by atoms with Gasteiger partial charge in [-0.25, -0.2) is 9.97 Å². The van der Waals surface area contributed by atoms with Crippen LogP contribution < -0.4 is 4.90 Å². The monoisotopic (exact) mass is 343 g/mol. The molecule has 6 heteroatoms. The summed E-state index contributed by atoms with van der Waals surface area (Å²) in [7, 11) is 0. The molecule has 128 valence electrons. The summed E-state index contributed by atoms with van der Waals surface area (Å²) in [6.07, 6.45) is 3.63. The molecule has 0 fully saturated rings. The summed E-state index contributed by atoms with van der Waals surface area (Å²) in [6, 6.07) is 17.7.